The number of fused-ring (bicyclic) bond motifs is 1. The lowest BCUT2D eigenvalue weighted by molar-refractivity contribution is 0.408. The fourth-order valence-corrected chi connectivity index (χ4v) is 3.45. The summed E-state index contributed by atoms with van der Waals surface area (Å²) in [6, 6.07) is 6.86. The van der Waals surface area contributed by atoms with Crippen molar-refractivity contribution in [3.8, 4) is 5.75 Å². The lowest BCUT2D eigenvalue weighted by Crippen LogP contribution is -2.25. The number of benzene rings is 1. The van der Waals surface area contributed by atoms with Crippen LogP contribution < -0.4 is 10.1 Å². The average molecular weight is 288 g/mol. The van der Waals surface area contributed by atoms with Gasteiger partial charge < -0.3 is 10.1 Å². The monoisotopic (exact) mass is 288 g/mol. The van der Waals surface area contributed by atoms with Crippen LogP contribution in [0.25, 0.3) is 0 Å². The van der Waals surface area contributed by atoms with Gasteiger partial charge in [0.2, 0.25) is 0 Å². The number of nitrogens with one attached hydrogen (secondary N) is 1. The number of hydrogen-bond donors (Lipinski definition) is 1. The van der Waals surface area contributed by atoms with Gasteiger partial charge in [0, 0.05) is 18.0 Å². The van der Waals surface area contributed by atoms with Crippen LogP contribution in [0.4, 0.5) is 0 Å². The highest BCUT2D eigenvalue weighted by Crippen LogP contribution is 2.32. The molecule has 0 fully saturated rings. The summed E-state index contributed by atoms with van der Waals surface area (Å²) in [7, 11) is 1.73. The summed E-state index contributed by atoms with van der Waals surface area (Å²) < 4.78 is 5.36. The molecule has 1 unspecified atom stereocenters. The Balaban J connectivity index is 1.75. The summed E-state index contributed by atoms with van der Waals surface area (Å²) in [6.45, 7) is 2.89. The van der Waals surface area contributed by atoms with E-state index in [9.17, 15) is 0 Å². The molecule has 0 saturated carbocycles. The van der Waals surface area contributed by atoms with Crippen molar-refractivity contribution in [3.05, 3.63) is 45.4 Å². The van der Waals surface area contributed by atoms with Gasteiger partial charge in [0.15, 0.2) is 0 Å². The zero-order valence-corrected chi connectivity index (χ0v) is 12.8. The first-order valence-corrected chi connectivity index (χ1v) is 7.95. The smallest absolute Gasteiger partial charge is 0.119 e. The molecule has 4 heteroatoms. The standard InChI is InChI=1S/C16H20N2OS/c1-11-18-13(10-20-11)9-17-16-5-3-4-12-6-7-14(19-2)8-15(12)16/h6-8,10,16-17H,3-5,9H2,1-2H3. The van der Waals surface area contributed by atoms with Crippen molar-refractivity contribution in [1.29, 1.82) is 0 Å². The Bertz CT molecular complexity index is 594. The Morgan fingerprint density at radius 1 is 1.45 bits per heavy atom. The molecule has 0 bridgehead atoms. The fourth-order valence-electron chi connectivity index (χ4n) is 2.83. The van der Waals surface area contributed by atoms with Crippen LogP contribution in [0.3, 0.4) is 0 Å². The van der Waals surface area contributed by atoms with E-state index in [0.717, 1.165) is 23.0 Å². The van der Waals surface area contributed by atoms with Crippen molar-refractivity contribution in [2.45, 2.75) is 38.8 Å². The fraction of sp³-hybridized carbons (Fsp3) is 0.438. The number of aryl methyl sites for hydroxylation is 2. The maximum atomic E-state index is 5.36. The molecule has 106 valence electrons. The number of rotatable bonds is 4. The number of methoxy groups -OCH3 is 1. The van der Waals surface area contributed by atoms with Crippen LogP contribution in [0.2, 0.25) is 0 Å². The largest absolute Gasteiger partial charge is 0.497 e. The molecule has 1 atom stereocenters. The second-order valence-electron chi connectivity index (χ2n) is 5.25. The third kappa shape index (κ3) is 2.86. The minimum absolute atomic E-state index is 0.413. The lowest BCUT2D eigenvalue weighted by atomic mass is 9.87. The zero-order chi connectivity index (χ0) is 13.9. The molecule has 0 spiro atoms. The van der Waals surface area contributed by atoms with Gasteiger partial charge in [-0.3, -0.25) is 0 Å². The molecule has 1 heterocycles. The molecule has 0 aliphatic heterocycles. The summed E-state index contributed by atoms with van der Waals surface area (Å²) in [5.74, 6) is 0.946. The van der Waals surface area contributed by atoms with Crippen LogP contribution in [-0.2, 0) is 13.0 Å². The van der Waals surface area contributed by atoms with Gasteiger partial charge in [-0.1, -0.05) is 6.07 Å². The summed E-state index contributed by atoms with van der Waals surface area (Å²) in [4.78, 5) is 4.52. The van der Waals surface area contributed by atoms with Crippen LogP contribution in [-0.4, -0.2) is 12.1 Å². The van der Waals surface area contributed by atoms with Gasteiger partial charge in [0.25, 0.3) is 0 Å². The van der Waals surface area contributed by atoms with E-state index in [-0.39, 0.29) is 0 Å². The summed E-state index contributed by atoms with van der Waals surface area (Å²) >= 11 is 1.71. The summed E-state index contributed by atoms with van der Waals surface area (Å²) in [5.41, 5.74) is 3.98. The van der Waals surface area contributed by atoms with Crippen molar-refractivity contribution in [2.24, 2.45) is 0 Å². The van der Waals surface area contributed by atoms with Crippen LogP contribution in [0.1, 0.15) is 40.7 Å². The first-order chi connectivity index (χ1) is 9.76. The molecule has 20 heavy (non-hydrogen) atoms. The highest BCUT2D eigenvalue weighted by Gasteiger charge is 2.20. The van der Waals surface area contributed by atoms with E-state index < -0.39 is 0 Å². The average Bonchev–Trinajstić information content (AvgIpc) is 2.90. The molecule has 0 amide bonds. The normalized spacial score (nSPS) is 17.8. The van der Waals surface area contributed by atoms with Crippen molar-refractivity contribution < 1.29 is 4.74 Å². The molecule has 1 aromatic carbocycles. The van der Waals surface area contributed by atoms with Crippen LogP contribution in [0.15, 0.2) is 23.6 Å². The van der Waals surface area contributed by atoms with Crippen LogP contribution in [0, 0.1) is 6.92 Å². The first kappa shape index (κ1) is 13.6. The van der Waals surface area contributed by atoms with E-state index in [1.165, 1.54) is 30.4 Å². The van der Waals surface area contributed by atoms with E-state index in [1.807, 2.05) is 0 Å². The van der Waals surface area contributed by atoms with E-state index >= 15 is 0 Å². The first-order valence-electron chi connectivity index (χ1n) is 7.07. The minimum Gasteiger partial charge on any atom is -0.497 e. The molecule has 1 aromatic heterocycles. The molecule has 3 rings (SSSR count). The highest BCUT2D eigenvalue weighted by atomic mass is 32.1. The van der Waals surface area contributed by atoms with Gasteiger partial charge in [-0.05, 0) is 49.4 Å². The van der Waals surface area contributed by atoms with Crippen molar-refractivity contribution in [3.63, 3.8) is 0 Å². The lowest BCUT2D eigenvalue weighted by Gasteiger charge is -2.26. The third-order valence-corrected chi connectivity index (χ3v) is 4.69. The van der Waals surface area contributed by atoms with Crippen molar-refractivity contribution in [1.82, 2.24) is 10.3 Å². The second-order valence-corrected chi connectivity index (χ2v) is 6.31. The van der Waals surface area contributed by atoms with Crippen molar-refractivity contribution >= 4 is 11.3 Å². The zero-order valence-electron chi connectivity index (χ0n) is 12.0. The molecule has 2 aromatic rings. The van der Waals surface area contributed by atoms with Crippen LogP contribution >= 0.6 is 11.3 Å². The topological polar surface area (TPSA) is 34.1 Å². The van der Waals surface area contributed by atoms with Crippen LogP contribution in [0.5, 0.6) is 5.75 Å². The van der Waals surface area contributed by atoms with E-state index in [0.29, 0.717) is 6.04 Å². The summed E-state index contributed by atoms with van der Waals surface area (Å²) in [5, 5.41) is 6.92. The second kappa shape index (κ2) is 5.94. The van der Waals surface area contributed by atoms with Gasteiger partial charge in [-0.2, -0.15) is 0 Å². The van der Waals surface area contributed by atoms with E-state index in [1.54, 1.807) is 18.4 Å². The number of nitrogens with zero attached hydrogens (tertiary/aromatic N) is 1. The number of aromatic nitrogens is 1. The molecule has 0 radical (unpaired) electrons. The molecule has 1 aliphatic rings. The minimum atomic E-state index is 0.413. The van der Waals surface area contributed by atoms with Gasteiger partial charge in [-0.15, -0.1) is 11.3 Å². The number of ether oxygens (including phenoxy) is 1. The van der Waals surface area contributed by atoms with Crippen molar-refractivity contribution in [2.75, 3.05) is 7.11 Å². The Labute approximate surface area is 124 Å². The molecular formula is C16H20N2OS. The Kier molecular flexibility index (Phi) is 4.03. The Hall–Kier alpha value is -1.39. The third-order valence-electron chi connectivity index (χ3n) is 3.86. The maximum absolute atomic E-state index is 5.36. The maximum Gasteiger partial charge on any atom is 0.119 e. The molecule has 1 N–H and O–H groups in total. The summed E-state index contributed by atoms with van der Waals surface area (Å²) in [6.07, 6.45) is 3.60. The molecule has 3 nitrogen and oxygen atoms in total. The number of thiazole rings is 1. The van der Waals surface area contributed by atoms with Gasteiger partial charge in [-0.25, -0.2) is 4.98 Å². The molecular weight excluding hydrogens is 268 g/mol. The van der Waals surface area contributed by atoms with Gasteiger partial charge in [0.05, 0.1) is 17.8 Å². The van der Waals surface area contributed by atoms with E-state index in [2.05, 4.69) is 40.8 Å². The molecule has 0 saturated heterocycles. The van der Waals surface area contributed by atoms with Gasteiger partial charge in [0.1, 0.15) is 5.75 Å². The van der Waals surface area contributed by atoms with E-state index in [4.69, 9.17) is 4.74 Å². The van der Waals surface area contributed by atoms with Gasteiger partial charge >= 0.3 is 0 Å². The quantitative estimate of drug-likeness (QED) is 0.933. The number of hydrogen-bond acceptors (Lipinski definition) is 4. The predicted octanol–water partition coefficient (Wildman–Crippen LogP) is 3.63. The Morgan fingerprint density at radius 3 is 3.10 bits per heavy atom. The highest BCUT2D eigenvalue weighted by molar-refractivity contribution is 7.09. The SMILES string of the molecule is COc1ccc2c(c1)C(NCc1csc(C)n1)CCC2. The molecule has 1 aliphatic carbocycles. The predicted molar refractivity (Wildman–Crippen MR) is 82.4 cm³/mol. The Morgan fingerprint density at radius 2 is 2.35 bits per heavy atom.